The van der Waals surface area contributed by atoms with E-state index in [1.807, 2.05) is 24.3 Å². The van der Waals surface area contributed by atoms with Crippen LogP contribution in [-0.4, -0.2) is 85.7 Å². The summed E-state index contributed by atoms with van der Waals surface area (Å²) in [4.78, 5) is 13.9. The minimum Gasteiger partial charge on any atom is -0.497 e. The number of piperazine rings is 1. The van der Waals surface area contributed by atoms with Crippen molar-refractivity contribution in [2.24, 2.45) is 0 Å². The smallest absolute Gasteiger partial charge is 0.153 e. The number of methoxy groups -OCH3 is 3. The third-order valence-electron chi connectivity index (χ3n) is 6.94. The van der Waals surface area contributed by atoms with Crippen LogP contribution in [-0.2, 0) is 17.6 Å². The van der Waals surface area contributed by atoms with Gasteiger partial charge in [0.25, 0.3) is 0 Å². The molecule has 2 aromatic carbocycles. The average molecular weight is 518 g/mol. The number of aromatic nitrogens is 4. The van der Waals surface area contributed by atoms with Gasteiger partial charge in [0.2, 0.25) is 0 Å². The number of nitrogens with one attached hydrogen (secondary N) is 2. The van der Waals surface area contributed by atoms with Crippen LogP contribution in [0.4, 0.5) is 17.3 Å². The van der Waals surface area contributed by atoms with Crippen LogP contribution in [0.5, 0.6) is 11.5 Å². The lowest BCUT2D eigenvalue weighted by Crippen LogP contribution is -2.47. The highest BCUT2D eigenvalue weighted by molar-refractivity contribution is 5.92. The van der Waals surface area contributed by atoms with Gasteiger partial charge in [0.15, 0.2) is 5.82 Å². The highest BCUT2D eigenvalue weighted by Crippen LogP contribution is 2.28. The molecule has 10 heteroatoms. The second kappa shape index (κ2) is 12.1. The average Bonchev–Trinajstić information content (AvgIpc) is 3.42. The van der Waals surface area contributed by atoms with E-state index in [2.05, 4.69) is 53.5 Å². The Hall–Kier alpha value is -3.89. The van der Waals surface area contributed by atoms with Crippen LogP contribution < -0.4 is 19.7 Å². The van der Waals surface area contributed by atoms with Gasteiger partial charge in [-0.15, -0.1) is 0 Å². The summed E-state index contributed by atoms with van der Waals surface area (Å²) in [6.45, 7) is 5.80. The monoisotopic (exact) mass is 517 g/mol. The molecule has 5 rings (SSSR count). The quantitative estimate of drug-likeness (QED) is 0.309. The predicted molar refractivity (Wildman–Crippen MR) is 149 cm³/mol. The third kappa shape index (κ3) is 6.15. The lowest BCUT2D eigenvalue weighted by atomic mass is 10.1. The molecule has 0 aliphatic carbocycles. The number of hydrogen-bond donors (Lipinski definition) is 2. The Labute approximate surface area is 222 Å². The van der Waals surface area contributed by atoms with E-state index in [-0.39, 0.29) is 0 Å². The summed E-state index contributed by atoms with van der Waals surface area (Å²) < 4.78 is 16.0. The summed E-state index contributed by atoms with van der Waals surface area (Å²) in [6.07, 6.45) is 3.23. The first-order valence-corrected chi connectivity index (χ1v) is 12.9. The van der Waals surface area contributed by atoms with E-state index in [0.717, 1.165) is 97.5 Å². The van der Waals surface area contributed by atoms with Crippen LogP contribution in [0, 0.1) is 0 Å². The zero-order chi connectivity index (χ0) is 26.3. The van der Waals surface area contributed by atoms with E-state index >= 15 is 0 Å². The van der Waals surface area contributed by atoms with Gasteiger partial charge in [0, 0.05) is 68.7 Å². The van der Waals surface area contributed by atoms with E-state index in [1.165, 1.54) is 5.69 Å². The summed E-state index contributed by atoms with van der Waals surface area (Å²) in [7, 11) is 5.08. The number of aryl methyl sites for hydroxylation is 2. The topological polar surface area (TPSA) is 101 Å². The molecule has 2 N–H and O–H groups in total. The van der Waals surface area contributed by atoms with Crippen molar-refractivity contribution < 1.29 is 14.2 Å². The molecule has 1 aliphatic rings. The highest BCUT2D eigenvalue weighted by atomic mass is 16.5. The van der Waals surface area contributed by atoms with Crippen molar-refractivity contribution in [1.29, 1.82) is 0 Å². The summed E-state index contributed by atoms with van der Waals surface area (Å²) in [6, 6.07) is 14.3. The molecule has 0 spiro atoms. The number of H-pyrrole nitrogens is 1. The van der Waals surface area contributed by atoms with Gasteiger partial charge in [-0.3, -0.25) is 10.00 Å². The van der Waals surface area contributed by atoms with E-state index in [0.29, 0.717) is 0 Å². The normalized spacial score (nSPS) is 14.1. The molecule has 10 nitrogen and oxygen atoms in total. The van der Waals surface area contributed by atoms with Gasteiger partial charge >= 0.3 is 0 Å². The van der Waals surface area contributed by atoms with E-state index in [4.69, 9.17) is 14.2 Å². The minimum absolute atomic E-state index is 0.722. The lowest BCUT2D eigenvalue weighted by Gasteiger charge is -2.36. The summed E-state index contributed by atoms with van der Waals surface area (Å²) >= 11 is 0. The van der Waals surface area contributed by atoms with Crippen molar-refractivity contribution in [3.8, 4) is 11.5 Å². The minimum atomic E-state index is 0.722. The van der Waals surface area contributed by atoms with Crippen LogP contribution in [0.1, 0.15) is 11.3 Å². The molecule has 3 heterocycles. The van der Waals surface area contributed by atoms with Gasteiger partial charge in [-0.25, -0.2) is 9.97 Å². The Morgan fingerprint density at radius 3 is 2.42 bits per heavy atom. The Bertz CT molecular complexity index is 1330. The molecule has 0 saturated carbocycles. The van der Waals surface area contributed by atoms with Gasteiger partial charge < -0.3 is 24.4 Å². The summed E-state index contributed by atoms with van der Waals surface area (Å²) in [5.74, 6) is 3.03. The van der Waals surface area contributed by atoms with Crippen molar-refractivity contribution in [2.45, 2.75) is 12.8 Å². The van der Waals surface area contributed by atoms with Gasteiger partial charge in [-0.05, 0) is 48.7 Å². The van der Waals surface area contributed by atoms with E-state index in [9.17, 15) is 0 Å². The van der Waals surface area contributed by atoms with Crippen molar-refractivity contribution in [3.63, 3.8) is 0 Å². The molecule has 200 valence electrons. The van der Waals surface area contributed by atoms with Crippen molar-refractivity contribution in [2.75, 3.05) is 70.9 Å². The van der Waals surface area contributed by atoms with Gasteiger partial charge in [0.05, 0.1) is 26.3 Å². The molecule has 2 aromatic heterocycles. The van der Waals surface area contributed by atoms with Crippen molar-refractivity contribution >= 4 is 28.2 Å². The second-order valence-corrected chi connectivity index (χ2v) is 9.37. The molecule has 0 amide bonds. The lowest BCUT2D eigenvalue weighted by molar-refractivity contribution is 0.144. The first-order valence-electron chi connectivity index (χ1n) is 12.9. The Morgan fingerprint density at radius 1 is 0.895 bits per heavy atom. The maximum absolute atomic E-state index is 5.38. The van der Waals surface area contributed by atoms with Crippen molar-refractivity contribution in [1.82, 2.24) is 25.1 Å². The van der Waals surface area contributed by atoms with Crippen LogP contribution in [0.3, 0.4) is 0 Å². The molecular formula is C28H35N7O3. The molecule has 0 unspecified atom stereocenters. The maximum Gasteiger partial charge on any atom is 0.153 e. The second-order valence-electron chi connectivity index (χ2n) is 9.37. The largest absolute Gasteiger partial charge is 0.497 e. The van der Waals surface area contributed by atoms with Gasteiger partial charge in [-0.1, -0.05) is 0 Å². The summed E-state index contributed by atoms with van der Waals surface area (Å²) in [5.41, 5.74) is 4.26. The molecule has 0 radical (unpaired) electrons. The number of nitrogens with zero attached hydrogens (tertiary/aromatic N) is 5. The number of fused-ring (bicyclic) bond motifs is 1. The van der Waals surface area contributed by atoms with Gasteiger partial charge in [0.1, 0.15) is 23.6 Å². The fourth-order valence-corrected chi connectivity index (χ4v) is 4.76. The van der Waals surface area contributed by atoms with Crippen LogP contribution in [0.15, 0.2) is 48.8 Å². The summed E-state index contributed by atoms with van der Waals surface area (Å²) in [5, 5.41) is 11.9. The van der Waals surface area contributed by atoms with E-state index in [1.54, 1.807) is 27.7 Å². The van der Waals surface area contributed by atoms with Gasteiger partial charge in [-0.2, -0.15) is 5.10 Å². The number of anilines is 3. The zero-order valence-corrected chi connectivity index (χ0v) is 22.2. The first kappa shape index (κ1) is 25.7. The standard InChI is InChI=1S/C28H35N7O3/c1-36-13-12-34-8-10-35(11-9-34)22-6-7-25-26(17-22)29-19-30-28(25)31-27-16-21(32-33-27)5-4-20-14-23(37-2)18-24(15-20)38-3/h6-7,14-19H,4-5,8-13H2,1-3H3,(H2,29,30,31,32,33). The fourth-order valence-electron chi connectivity index (χ4n) is 4.76. The molecule has 4 aromatic rings. The number of ether oxygens (including phenoxy) is 3. The Balaban J connectivity index is 1.23. The molecule has 0 bridgehead atoms. The van der Waals surface area contributed by atoms with E-state index < -0.39 is 0 Å². The highest BCUT2D eigenvalue weighted by Gasteiger charge is 2.18. The molecule has 1 saturated heterocycles. The Kier molecular flexibility index (Phi) is 8.20. The fraction of sp³-hybridized carbons (Fsp3) is 0.393. The first-order chi connectivity index (χ1) is 18.6. The molecule has 0 atom stereocenters. The number of hydrogen-bond acceptors (Lipinski definition) is 9. The maximum atomic E-state index is 5.38. The number of aromatic amines is 1. The zero-order valence-electron chi connectivity index (χ0n) is 22.2. The van der Waals surface area contributed by atoms with Crippen LogP contribution in [0.25, 0.3) is 10.9 Å². The molecule has 1 aliphatic heterocycles. The third-order valence-corrected chi connectivity index (χ3v) is 6.94. The van der Waals surface area contributed by atoms with Crippen LogP contribution >= 0.6 is 0 Å². The number of benzene rings is 2. The van der Waals surface area contributed by atoms with Crippen LogP contribution in [0.2, 0.25) is 0 Å². The predicted octanol–water partition coefficient (Wildman–Crippen LogP) is 3.67. The SMILES string of the molecule is COCCN1CCN(c2ccc3c(Nc4cc(CCc5cc(OC)cc(OC)c5)[nH]n4)ncnc3c2)CC1. The number of rotatable bonds is 11. The molecule has 38 heavy (non-hydrogen) atoms. The Morgan fingerprint density at radius 2 is 1.68 bits per heavy atom. The molecule has 1 fully saturated rings. The van der Waals surface area contributed by atoms with Crippen molar-refractivity contribution in [3.05, 3.63) is 60.0 Å². The molecular weight excluding hydrogens is 482 g/mol.